The monoisotopic (exact) mass is 228 g/mol. The molecular weight excluding hydrogens is 214 g/mol. The Morgan fingerprint density at radius 3 is 2.56 bits per heavy atom. The van der Waals surface area contributed by atoms with Crippen LogP contribution in [0.2, 0.25) is 0 Å². The van der Waals surface area contributed by atoms with Crippen LogP contribution in [-0.4, -0.2) is 12.9 Å². The van der Waals surface area contributed by atoms with Gasteiger partial charge in [0.15, 0.2) is 0 Å². The molecule has 0 fully saturated rings. The van der Waals surface area contributed by atoms with Crippen LogP contribution in [-0.2, 0) is 11.2 Å². The fourth-order valence-corrected chi connectivity index (χ4v) is 1.39. The van der Waals surface area contributed by atoms with Crippen molar-refractivity contribution in [3.63, 3.8) is 0 Å². The van der Waals surface area contributed by atoms with Crippen molar-refractivity contribution in [1.82, 2.24) is 0 Å². The number of para-hydroxylation sites is 1. The maximum absolute atomic E-state index is 12.1. The Morgan fingerprint density at radius 1 is 1.38 bits per heavy atom. The molecule has 4 heteroatoms. The molecule has 0 aliphatic heterocycles. The average Bonchev–Trinajstić information content (AvgIpc) is 2.20. The number of hydrogen-bond donors (Lipinski definition) is 0. The van der Waals surface area contributed by atoms with Gasteiger partial charge in [0.05, 0.1) is 0 Å². The minimum absolute atomic E-state index is 0.132. The van der Waals surface area contributed by atoms with Gasteiger partial charge in [-0.2, -0.15) is 8.78 Å². The SMILES string of the molecule is CC(C)(C=O)Cc1ccccc1OC(F)F. The summed E-state index contributed by atoms with van der Waals surface area (Å²) in [7, 11) is 0. The van der Waals surface area contributed by atoms with E-state index in [4.69, 9.17) is 0 Å². The Labute approximate surface area is 93.2 Å². The molecule has 0 spiro atoms. The molecular formula is C12H14F2O2. The van der Waals surface area contributed by atoms with Crippen molar-refractivity contribution in [2.24, 2.45) is 5.41 Å². The lowest BCUT2D eigenvalue weighted by atomic mass is 9.87. The predicted molar refractivity (Wildman–Crippen MR) is 56.6 cm³/mol. The third-order valence-corrected chi connectivity index (χ3v) is 2.15. The summed E-state index contributed by atoms with van der Waals surface area (Å²) >= 11 is 0. The quantitative estimate of drug-likeness (QED) is 0.724. The third kappa shape index (κ3) is 3.61. The maximum atomic E-state index is 12.1. The lowest BCUT2D eigenvalue weighted by Crippen LogP contribution is -2.17. The minimum Gasteiger partial charge on any atom is -0.435 e. The second kappa shape index (κ2) is 5.05. The van der Waals surface area contributed by atoms with E-state index >= 15 is 0 Å². The first kappa shape index (κ1) is 12.6. The van der Waals surface area contributed by atoms with E-state index in [1.165, 1.54) is 6.07 Å². The first-order chi connectivity index (χ1) is 7.44. The van der Waals surface area contributed by atoms with Gasteiger partial charge in [0.25, 0.3) is 0 Å². The Hall–Kier alpha value is -1.45. The van der Waals surface area contributed by atoms with Crippen molar-refractivity contribution in [2.45, 2.75) is 26.9 Å². The van der Waals surface area contributed by atoms with E-state index in [1.807, 2.05) is 0 Å². The van der Waals surface area contributed by atoms with E-state index < -0.39 is 12.0 Å². The fraction of sp³-hybridized carbons (Fsp3) is 0.417. The number of halogens is 2. The van der Waals surface area contributed by atoms with E-state index in [1.54, 1.807) is 32.0 Å². The Kier molecular flexibility index (Phi) is 3.99. The van der Waals surface area contributed by atoms with Crippen molar-refractivity contribution < 1.29 is 18.3 Å². The molecule has 0 bridgehead atoms. The van der Waals surface area contributed by atoms with Crippen molar-refractivity contribution >= 4 is 6.29 Å². The summed E-state index contributed by atoms with van der Waals surface area (Å²) in [5.41, 5.74) is 0.0293. The molecule has 0 aromatic heterocycles. The molecule has 0 N–H and O–H groups in total. The van der Waals surface area contributed by atoms with Gasteiger partial charge in [-0.25, -0.2) is 0 Å². The number of rotatable bonds is 5. The number of aldehydes is 1. The van der Waals surface area contributed by atoms with Gasteiger partial charge in [0.1, 0.15) is 12.0 Å². The van der Waals surface area contributed by atoms with Crippen LogP contribution in [0.1, 0.15) is 19.4 Å². The van der Waals surface area contributed by atoms with Crippen molar-refractivity contribution in [3.8, 4) is 5.75 Å². The number of carbonyl (C=O) groups is 1. The summed E-state index contributed by atoms with van der Waals surface area (Å²) in [5, 5.41) is 0. The van der Waals surface area contributed by atoms with Crippen LogP contribution in [0.25, 0.3) is 0 Å². The Bertz CT molecular complexity index is 362. The van der Waals surface area contributed by atoms with Crippen LogP contribution >= 0.6 is 0 Å². The van der Waals surface area contributed by atoms with Gasteiger partial charge in [-0.3, -0.25) is 0 Å². The molecule has 0 aliphatic carbocycles. The Balaban J connectivity index is 2.90. The van der Waals surface area contributed by atoms with Crippen molar-refractivity contribution in [2.75, 3.05) is 0 Å². The van der Waals surface area contributed by atoms with Crippen molar-refractivity contribution in [1.29, 1.82) is 0 Å². The summed E-state index contributed by atoms with van der Waals surface area (Å²) < 4.78 is 28.6. The Morgan fingerprint density at radius 2 is 2.00 bits per heavy atom. The standard InChI is InChI=1S/C12H14F2O2/c1-12(2,8-15)7-9-5-3-4-6-10(9)16-11(13)14/h3-6,8,11H,7H2,1-2H3. The molecule has 0 heterocycles. The molecule has 0 unspecified atom stereocenters. The van der Waals surface area contributed by atoms with E-state index in [9.17, 15) is 13.6 Å². The number of hydrogen-bond acceptors (Lipinski definition) is 2. The molecule has 0 atom stereocenters. The highest BCUT2D eigenvalue weighted by molar-refractivity contribution is 5.59. The smallest absolute Gasteiger partial charge is 0.387 e. The number of benzene rings is 1. The second-order valence-corrected chi connectivity index (χ2v) is 4.27. The maximum Gasteiger partial charge on any atom is 0.387 e. The molecule has 0 aliphatic rings. The first-order valence-corrected chi connectivity index (χ1v) is 4.94. The van der Waals surface area contributed by atoms with Crippen LogP contribution in [0.5, 0.6) is 5.75 Å². The summed E-state index contributed by atoms with van der Waals surface area (Å²) in [5.74, 6) is 0.132. The highest BCUT2D eigenvalue weighted by Gasteiger charge is 2.20. The zero-order chi connectivity index (χ0) is 12.2. The molecule has 0 radical (unpaired) electrons. The van der Waals surface area contributed by atoms with Gasteiger partial charge < -0.3 is 9.53 Å². The van der Waals surface area contributed by atoms with E-state index in [0.717, 1.165) is 6.29 Å². The number of alkyl halides is 2. The van der Waals surface area contributed by atoms with E-state index in [2.05, 4.69) is 4.74 Å². The normalized spacial score (nSPS) is 11.6. The highest BCUT2D eigenvalue weighted by atomic mass is 19.3. The summed E-state index contributed by atoms with van der Waals surface area (Å²) in [6.07, 6.45) is 1.19. The predicted octanol–water partition coefficient (Wildman–Crippen LogP) is 3.06. The summed E-state index contributed by atoms with van der Waals surface area (Å²) in [6.45, 7) is 0.652. The van der Waals surface area contributed by atoms with Crippen LogP contribution in [0.4, 0.5) is 8.78 Å². The van der Waals surface area contributed by atoms with Gasteiger partial charge in [-0.1, -0.05) is 32.0 Å². The highest BCUT2D eigenvalue weighted by Crippen LogP contribution is 2.27. The molecule has 16 heavy (non-hydrogen) atoms. The molecule has 1 aromatic carbocycles. The zero-order valence-electron chi connectivity index (χ0n) is 9.24. The summed E-state index contributed by atoms with van der Waals surface area (Å²) in [6, 6.07) is 6.51. The number of ether oxygens (including phenoxy) is 1. The van der Waals surface area contributed by atoms with Crippen LogP contribution < -0.4 is 4.74 Å². The van der Waals surface area contributed by atoms with Gasteiger partial charge in [0, 0.05) is 5.41 Å². The summed E-state index contributed by atoms with van der Waals surface area (Å²) in [4.78, 5) is 10.8. The fourth-order valence-electron chi connectivity index (χ4n) is 1.39. The molecule has 1 aromatic rings. The van der Waals surface area contributed by atoms with Crippen LogP contribution in [0, 0.1) is 5.41 Å². The van der Waals surface area contributed by atoms with Gasteiger partial charge in [0.2, 0.25) is 0 Å². The molecule has 0 amide bonds. The first-order valence-electron chi connectivity index (χ1n) is 4.94. The van der Waals surface area contributed by atoms with Gasteiger partial charge >= 0.3 is 6.61 Å². The lowest BCUT2D eigenvalue weighted by molar-refractivity contribution is -0.114. The lowest BCUT2D eigenvalue weighted by Gasteiger charge is -2.18. The second-order valence-electron chi connectivity index (χ2n) is 4.27. The van der Waals surface area contributed by atoms with Gasteiger partial charge in [-0.05, 0) is 18.1 Å². The zero-order valence-corrected chi connectivity index (χ0v) is 9.24. The third-order valence-electron chi connectivity index (χ3n) is 2.15. The van der Waals surface area contributed by atoms with Gasteiger partial charge in [-0.15, -0.1) is 0 Å². The van der Waals surface area contributed by atoms with Crippen molar-refractivity contribution in [3.05, 3.63) is 29.8 Å². The molecule has 0 saturated carbocycles. The molecule has 88 valence electrons. The molecule has 2 nitrogen and oxygen atoms in total. The van der Waals surface area contributed by atoms with E-state index in [-0.39, 0.29) is 5.75 Å². The van der Waals surface area contributed by atoms with E-state index in [0.29, 0.717) is 12.0 Å². The molecule has 1 rings (SSSR count). The molecule has 0 saturated heterocycles. The topological polar surface area (TPSA) is 26.3 Å². The average molecular weight is 228 g/mol. The largest absolute Gasteiger partial charge is 0.435 e. The number of carbonyl (C=O) groups excluding carboxylic acids is 1. The minimum atomic E-state index is -2.85. The van der Waals surface area contributed by atoms with Crippen LogP contribution in [0.15, 0.2) is 24.3 Å². The van der Waals surface area contributed by atoms with Crippen LogP contribution in [0.3, 0.4) is 0 Å².